The molecule has 11 heteroatoms. The first-order valence-corrected chi connectivity index (χ1v) is 10.6. The maximum absolute atomic E-state index is 14.2. The van der Waals surface area contributed by atoms with E-state index in [-0.39, 0.29) is 27.8 Å². The number of carbonyl (C=O) groups is 1. The van der Waals surface area contributed by atoms with Crippen LogP contribution in [0, 0.1) is 5.82 Å². The van der Waals surface area contributed by atoms with Gasteiger partial charge < -0.3 is 19.4 Å². The number of furan rings is 1. The van der Waals surface area contributed by atoms with Crippen molar-refractivity contribution < 1.29 is 36.4 Å². The number of benzene rings is 2. The summed E-state index contributed by atoms with van der Waals surface area (Å²) in [5.74, 6) is -2.16. The summed E-state index contributed by atoms with van der Waals surface area (Å²) in [4.78, 5) is 24.6. The largest absolute Gasteiger partial charge is 0.464 e. The van der Waals surface area contributed by atoms with E-state index in [0.29, 0.717) is 5.56 Å². The summed E-state index contributed by atoms with van der Waals surface area (Å²) >= 11 is 0. The summed E-state index contributed by atoms with van der Waals surface area (Å²) in [6.45, 7) is 2.72. The van der Waals surface area contributed by atoms with Gasteiger partial charge in [0.1, 0.15) is 11.6 Å². The molecular weight excluding hydrogens is 484 g/mol. The van der Waals surface area contributed by atoms with E-state index >= 15 is 0 Å². The first-order chi connectivity index (χ1) is 16.8. The minimum Gasteiger partial charge on any atom is -0.464 e. The van der Waals surface area contributed by atoms with Crippen LogP contribution < -0.4 is 10.9 Å². The highest BCUT2D eigenvalue weighted by molar-refractivity contribution is 5.99. The first kappa shape index (κ1) is 25.1. The van der Waals surface area contributed by atoms with Crippen molar-refractivity contribution in [2.75, 3.05) is 5.32 Å². The molecule has 2 heterocycles. The van der Waals surface area contributed by atoms with E-state index in [2.05, 4.69) is 15.0 Å². The molecule has 188 valence electrons. The highest BCUT2D eigenvalue weighted by Gasteiger charge is 2.61. The monoisotopic (exact) mass is 504 g/mol. The van der Waals surface area contributed by atoms with Gasteiger partial charge in [-0.05, 0) is 59.5 Å². The Labute approximate surface area is 201 Å². The molecule has 0 spiro atoms. The van der Waals surface area contributed by atoms with E-state index in [1.165, 1.54) is 44.4 Å². The van der Waals surface area contributed by atoms with Crippen LogP contribution in [0.15, 0.2) is 74.7 Å². The van der Waals surface area contributed by atoms with Crippen LogP contribution in [0.1, 0.15) is 25.8 Å². The molecule has 0 fully saturated rings. The number of aliphatic hydroxyl groups is 1. The minimum atomic E-state index is -5.38. The van der Waals surface area contributed by atoms with Crippen molar-refractivity contribution in [1.29, 1.82) is 0 Å². The molecule has 36 heavy (non-hydrogen) atoms. The zero-order chi connectivity index (χ0) is 26.3. The van der Waals surface area contributed by atoms with Gasteiger partial charge in [0.25, 0.3) is 5.91 Å². The van der Waals surface area contributed by atoms with Gasteiger partial charge in [-0.25, -0.2) is 9.18 Å². The summed E-state index contributed by atoms with van der Waals surface area (Å²) in [5, 5.41) is 16.5. The number of anilines is 1. The lowest BCUT2D eigenvalue weighted by Gasteiger charge is -2.37. The topological polar surface area (TPSA) is 106 Å². The number of rotatable bonds is 6. The average Bonchev–Trinajstić information content (AvgIpc) is 3.33. The number of alkyl halides is 3. The average molecular weight is 504 g/mol. The number of carbonyl (C=O) groups excluding carboxylic acids is 1. The number of nitrogens with zero attached hydrogens (tertiary/aromatic N) is 1. The molecule has 0 aliphatic carbocycles. The molecule has 0 aliphatic heterocycles. The van der Waals surface area contributed by atoms with Gasteiger partial charge in [0, 0.05) is 23.1 Å². The van der Waals surface area contributed by atoms with Crippen molar-refractivity contribution in [1.82, 2.24) is 5.16 Å². The van der Waals surface area contributed by atoms with E-state index in [1.54, 1.807) is 12.1 Å². The molecule has 2 N–H and O–H groups in total. The summed E-state index contributed by atoms with van der Waals surface area (Å²) in [7, 11) is 0. The Morgan fingerprint density at radius 3 is 2.53 bits per heavy atom. The van der Waals surface area contributed by atoms with E-state index in [4.69, 9.17) is 4.42 Å². The van der Waals surface area contributed by atoms with Gasteiger partial charge in [-0.1, -0.05) is 19.0 Å². The Balaban J connectivity index is 1.71. The van der Waals surface area contributed by atoms with Crippen LogP contribution in [0.2, 0.25) is 0 Å². The standard InChI is InChI=1S/C25H20F4N2O5/c1-23(2,19-11-15(26)5-7-18(19)20-4-3-9-35-20)13-24(34,25(27,28)29)22(33)31-16-6-8-17-14(10-16)12-30-36-21(17)32/h3-12,34H,13H2,1-2H3,(H,31,33). The van der Waals surface area contributed by atoms with Gasteiger partial charge >= 0.3 is 11.8 Å². The third kappa shape index (κ3) is 4.61. The second-order valence-electron chi connectivity index (χ2n) is 8.96. The lowest BCUT2D eigenvalue weighted by molar-refractivity contribution is -0.254. The Hall–Kier alpha value is -3.99. The van der Waals surface area contributed by atoms with Crippen LogP contribution in [0.25, 0.3) is 22.1 Å². The number of amides is 1. The molecule has 0 aliphatic rings. The molecule has 1 unspecified atom stereocenters. The van der Waals surface area contributed by atoms with Gasteiger partial charge in [0.15, 0.2) is 0 Å². The summed E-state index contributed by atoms with van der Waals surface area (Å²) < 4.78 is 66.6. The fraction of sp³-hybridized carbons (Fsp3) is 0.240. The number of hydrogen-bond donors (Lipinski definition) is 2. The molecule has 1 amide bonds. The fourth-order valence-electron chi connectivity index (χ4n) is 4.11. The van der Waals surface area contributed by atoms with Crippen molar-refractivity contribution in [2.45, 2.75) is 37.5 Å². The van der Waals surface area contributed by atoms with E-state index in [0.717, 1.165) is 18.3 Å². The molecule has 0 radical (unpaired) electrons. The molecule has 2 aromatic heterocycles. The second-order valence-corrected chi connectivity index (χ2v) is 8.96. The van der Waals surface area contributed by atoms with Crippen LogP contribution in [-0.2, 0) is 10.2 Å². The van der Waals surface area contributed by atoms with Gasteiger partial charge in [0.2, 0.25) is 5.60 Å². The maximum atomic E-state index is 14.2. The summed E-state index contributed by atoms with van der Waals surface area (Å²) in [6.07, 6.45) is -4.00. The normalized spacial score (nSPS) is 14.0. The van der Waals surface area contributed by atoms with Crippen molar-refractivity contribution >= 4 is 22.4 Å². The van der Waals surface area contributed by atoms with E-state index in [1.807, 2.05) is 0 Å². The molecule has 7 nitrogen and oxygen atoms in total. The molecule has 0 saturated carbocycles. The summed E-state index contributed by atoms with van der Waals surface area (Å²) in [5.41, 5.74) is -5.86. The Kier molecular flexibility index (Phi) is 6.21. The molecule has 0 saturated heterocycles. The smallest absolute Gasteiger partial charge is 0.426 e. The molecule has 1 atom stereocenters. The quantitative estimate of drug-likeness (QED) is 0.350. The molecule has 0 bridgehead atoms. The second kappa shape index (κ2) is 8.90. The number of hydrogen-bond acceptors (Lipinski definition) is 6. The molecule has 4 rings (SSSR count). The third-order valence-corrected chi connectivity index (χ3v) is 5.90. The third-order valence-electron chi connectivity index (χ3n) is 5.90. The van der Waals surface area contributed by atoms with Crippen LogP contribution in [0.4, 0.5) is 23.2 Å². The Bertz CT molecular complexity index is 1480. The summed E-state index contributed by atoms with van der Waals surface area (Å²) in [6, 6.07) is 10.3. The zero-order valence-corrected chi connectivity index (χ0v) is 19.0. The van der Waals surface area contributed by atoms with E-state index in [9.17, 15) is 32.3 Å². The SMILES string of the molecule is CC(C)(CC(O)(C(=O)Nc1ccc2c(=O)oncc2c1)C(F)(F)F)c1cc(F)ccc1-c1ccco1. The lowest BCUT2D eigenvalue weighted by atomic mass is 9.72. The van der Waals surface area contributed by atoms with Crippen LogP contribution in [-0.4, -0.2) is 27.9 Å². The number of aromatic nitrogens is 1. The van der Waals surface area contributed by atoms with Gasteiger partial charge in [-0.3, -0.25) is 4.79 Å². The lowest BCUT2D eigenvalue weighted by Crippen LogP contribution is -2.57. The maximum Gasteiger partial charge on any atom is 0.426 e. The Morgan fingerprint density at radius 1 is 1.11 bits per heavy atom. The predicted octanol–water partition coefficient (Wildman–Crippen LogP) is 5.19. The van der Waals surface area contributed by atoms with Crippen molar-refractivity contribution in [2.24, 2.45) is 0 Å². The molecular formula is C25H20F4N2O5. The van der Waals surface area contributed by atoms with Crippen molar-refractivity contribution in [3.63, 3.8) is 0 Å². The number of nitrogens with one attached hydrogen (secondary N) is 1. The minimum absolute atomic E-state index is 0.103. The van der Waals surface area contributed by atoms with Gasteiger partial charge in [-0.15, -0.1) is 0 Å². The Morgan fingerprint density at radius 2 is 1.86 bits per heavy atom. The van der Waals surface area contributed by atoms with Crippen LogP contribution in [0.5, 0.6) is 0 Å². The molecule has 2 aromatic carbocycles. The predicted molar refractivity (Wildman–Crippen MR) is 122 cm³/mol. The van der Waals surface area contributed by atoms with Crippen molar-refractivity contribution in [3.05, 3.63) is 82.8 Å². The van der Waals surface area contributed by atoms with Gasteiger partial charge in [0.05, 0.1) is 17.8 Å². The highest BCUT2D eigenvalue weighted by Crippen LogP contribution is 2.44. The zero-order valence-electron chi connectivity index (χ0n) is 19.0. The van der Waals surface area contributed by atoms with Crippen molar-refractivity contribution in [3.8, 4) is 11.3 Å². The van der Waals surface area contributed by atoms with Gasteiger partial charge in [-0.2, -0.15) is 13.2 Å². The first-order valence-electron chi connectivity index (χ1n) is 10.6. The van der Waals surface area contributed by atoms with Crippen LogP contribution in [0.3, 0.4) is 0 Å². The highest BCUT2D eigenvalue weighted by atomic mass is 19.4. The fourth-order valence-corrected chi connectivity index (χ4v) is 4.11. The van der Waals surface area contributed by atoms with Crippen LogP contribution >= 0.6 is 0 Å². The number of halogens is 4. The molecule has 4 aromatic rings. The number of fused-ring (bicyclic) bond motifs is 1. The van der Waals surface area contributed by atoms with E-state index < -0.39 is 41.0 Å².